The molecule has 0 spiro atoms. The molecule has 1 aromatic rings. The molecule has 0 radical (unpaired) electrons. The third-order valence-electron chi connectivity index (χ3n) is 2.58. The zero-order valence-corrected chi connectivity index (χ0v) is 10.4. The summed E-state index contributed by atoms with van der Waals surface area (Å²) in [5.41, 5.74) is 0. The Kier molecular flexibility index (Phi) is 3.03. The van der Waals surface area contributed by atoms with Crippen LogP contribution in [0, 0.1) is 5.92 Å². The predicted molar refractivity (Wildman–Crippen MR) is 60.3 cm³/mol. The van der Waals surface area contributed by atoms with Gasteiger partial charge in [0.25, 0.3) is 0 Å². The van der Waals surface area contributed by atoms with Gasteiger partial charge in [-0.1, -0.05) is 13.8 Å². The maximum atomic E-state index is 12.3. The first-order chi connectivity index (χ1) is 7.51. The summed E-state index contributed by atoms with van der Waals surface area (Å²) in [6.45, 7) is 4.64. The van der Waals surface area contributed by atoms with E-state index in [4.69, 9.17) is 0 Å². The van der Waals surface area contributed by atoms with Gasteiger partial charge in [-0.3, -0.25) is 5.10 Å². The maximum Gasteiger partial charge on any atom is 0.246 e. The van der Waals surface area contributed by atoms with E-state index in [-0.39, 0.29) is 10.9 Å². The molecular weight excluding hydrogens is 226 g/mol. The molecule has 1 aliphatic carbocycles. The molecule has 1 fully saturated rings. The van der Waals surface area contributed by atoms with Gasteiger partial charge in [0.2, 0.25) is 10.0 Å². The number of nitrogens with one attached hydrogen (secondary N) is 1. The number of sulfonamides is 1. The van der Waals surface area contributed by atoms with Gasteiger partial charge in [0.1, 0.15) is 4.90 Å². The first-order valence-corrected chi connectivity index (χ1v) is 6.96. The SMILES string of the molecule is CC(C)CN(C1CC1)S(=O)(=O)c1cn[nH]c1. The fraction of sp³-hybridized carbons (Fsp3) is 0.700. The summed E-state index contributed by atoms with van der Waals surface area (Å²) >= 11 is 0. The van der Waals surface area contributed by atoms with Crippen molar-refractivity contribution in [3.8, 4) is 0 Å². The maximum absolute atomic E-state index is 12.3. The van der Waals surface area contributed by atoms with Gasteiger partial charge in [-0.25, -0.2) is 8.42 Å². The van der Waals surface area contributed by atoms with E-state index in [0.717, 1.165) is 12.8 Å². The van der Waals surface area contributed by atoms with Crippen molar-refractivity contribution < 1.29 is 8.42 Å². The van der Waals surface area contributed by atoms with E-state index in [2.05, 4.69) is 10.2 Å². The van der Waals surface area contributed by atoms with Gasteiger partial charge in [0.15, 0.2) is 0 Å². The third-order valence-corrected chi connectivity index (χ3v) is 4.46. The average molecular weight is 243 g/mol. The summed E-state index contributed by atoms with van der Waals surface area (Å²) in [7, 11) is -3.35. The summed E-state index contributed by atoms with van der Waals surface area (Å²) in [5, 5.41) is 6.25. The van der Waals surface area contributed by atoms with Gasteiger partial charge >= 0.3 is 0 Å². The van der Waals surface area contributed by atoms with E-state index in [9.17, 15) is 8.42 Å². The predicted octanol–water partition coefficient (Wildman–Crippen LogP) is 1.22. The van der Waals surface area contributed by atoms with E-state index in [1.54, 1.807) is 4.31 Å². The van der Waals surface area contributed by atoms with Crippen molar-refractivity contribution >= 4 is 10.0 Å². The molecule has 0 atom stereocenters. The molecule has 90 valence electrons. The van der Waals surface area contributed by atoms with Crippen LogP contribution in [-0.2, 0) is 10.0 Å². The summed E-state index contributed by atoms with van der Waals surface area (Å²) < 4.78 is 26.2. The van der Waals surface area contributed by atoms with Gasteiger partial charge in [0.05, 0.1) is 6.20 Å². The van der Waals surface area contributed by atoms with E-state index >= 15 is 0 Å². The molecule has 0 unspecified atom stereocenters. The molecule has 16 heavy (non-hydrogen) atoms. The van der Waals surface area contributed by atoms with Gasteiger partial charge < -0.3 is 0 Å². The molecule has 6 heteroatoms. The largest absolute Gasteiger partial charge is 0.284 e. The third kappa shape index (κ3) is 2.27. The Balaban J connectivity index is 2.25. The second kappa shape index (κ2) is 4.18. The van der Waals surface area contributed by atoms with E-state index in [1.165, 1.54) is 12.4 Å². The smallest absolute Gasteiger partial charge is 0.246 e. The highest BCUT2D eigenvalue weighted by molar-refractivity contribution is 7.89. The van der Waals surface area contributed by atoms with Crippen molar-refractivity contribution in [2.75, 3.05) is 6.54 Å². The van der Waals surface area contributed by atoms with E-state index in [1.807, 2.05) is 13.8 Å². The quantitative estimate of drug-likeness (QED) is 0.845. The van der Waals surface area contributed by atoms with Crippen LogP contribution >= 0.6 is 0 Å². The number of H-pyrrole nitrogens is 1. The number of hydrogen-bond acceptors (Lipinski definition) is 3. The fourth-order valence-corrected chi connectivity index (χ4v) is 3.44. The molecule has 0 saturated heterocycles. The van der Waals surface area contributed by atoms with E-state index in [0.29, 0.717) is 12.5 Å². The fourth-order valence-electron chi connectivity index (χ4n) is 1.68. The van der Waals surface area contributed by atoms with Crippen molar-refractivity contribution in [1.29, 1.82) is 0 Å². The second-order valence-electron chi connectivity index (χ2n) is 4.63. The molecule has 1 aliphatic rings. The van der Waals surface area contributed by atoms with Gasteiger partial charge in [0, 0.05) is 18.8 Å². The monoisotopic (exact) mass is 243 g/mol. The first-order valence-electron chi connectivity index (χ1n) is 5.52. The minimum absolute atomic E-state index is 0.197. The summed E-state index contributed by atoms with van der Waals surface area (Å²) in [5.74, 6) is 0.335. The zero-order chi connectivity index (χ0) is 11.8. The molecular formula is C10H17N3O2S. The van der Waals surface area contributed by atoms with Crippen LogP contribution in [-0.4, -0.2) is 35.5 Å². The lowest BCUT2D eigenvalue weighted by atomic mass is 10.2. The van der Waals surface area contributed by atoms with Crippen molar-refractivity contribution in [3.63, 3.8) is 0 Å². The first kappa shape index (κ1) is 11.6. The van der Waals surface area contributed by atoms with Crippen LogP contribution in [0.3, 0.4) is 0 Å². The van der Waals surface area contributed by atoms with Crippen molar-refractivity contribution in [3.05, 3.63) is 12.4 Å². The Hall–Kier alpha value is -0.880. The van der Waals surface area contributed by atoms with E-state index < -0.39 is 10.0 Å². The van der Waals surface area contributed by atoms with Crippen molar-refractivity contribution in [2.45, 2.75) is 37.6 Å². The lowest BCUT2D eigenvalue weighted by molar-refractivity contribution is 0.360. The standard InChI is InChI=1S/C10H17N3O2S/c1-8(2)7-13(9-3-4-9)16(14,15)10-5-11-12-6-10/h5-6,8-9H,3-4,7H2,1-2H3,(H,11,12). The normalized spacial score (nSPS) is 17.2. The molecule has 1 saturated carbocycles. The average Bonchev–Trinajstić information content (AvgIpc) is 2.86. The van der Waals surface area contributed by atoms with Crippen LogP contribution in [0.2, 0.25) is 0 Å². The van der Waals surface area contributed by atoms with Crippen LogP contribution in [0.25, 0.3) is 0 Å². The molecule has 0 amide bonds. The molecule has 0 aliphatic heterocycles. The lowest BCUT2D eigenvalue weighted by Crippen LogP contribution is -2.35. The van der Waals surface area contributed by atoms with Crippen LogP contribution < -0.4 is 0 Å². The zero-order valence-electron chi connectivity index (χ0n) is 9.55. The number of nitrogens with zero attached hydrogens (tertiary/aromatic N) is 2. The molecule has 1 heterocycles. The van der Waals surface area contributed by atoms with Gasteiger partial charge in [-0.2, -0.15) is 9.40 Å². The molecule has 2 rings (SSSR count). The number of hydrogen-bond donors (Lipinski definition) is 1. The molecule has 0 bridgehead atoms. The van der Waals surface area contributed by atoms with Gasteiger partial charge in [-0.05, 0) is 18.8 Å². The highest BCUT2D eigenvalue weighted by Crippen LogP contribution is 2.32. The summed E-state index contributed by atoms with van der Waals surface area (Å²) in [4.78, 5) is 0.264. The van der Waals surface area contributed by atoms with Crippen LogP contribution in [0.1, 0.15) is 26.7 Å². The Morgan fingerprint density at radius 1 is 1.56 bits per heavy atom. The Morgan fingerprint density at radius 2 is 2.25 bits per heavy atom. The molecule has 5 nitrogen and oxygen atoms in total. The van der Waals surface area contributed by atoms with Crippen LogP contribution in [0.5, 0.6) is 0 Å². The summed E-state index contributed by atoms with van der Waals surface area (Å²) in [6, 6.07) is 0.197. The minimum Gasteiger partial charge on any atom is -0.284 e. The van der Waals surface area contributed by atoms with Gasteiger partial charge in [-0.15, -0.1) is 0 Å². The Labute approximate surface area is 95.9 Å². The Morgan fingerprint density at radius 3 is 2.69 bits per heavy atom. The highest BCUT2D eigenvalue weighted by atomic mass is 32.2. The van der Waals surface area contributed by atoms with Crippen LogP contribution in [0.15, 0.2) is 17.3 Å². The highest BCUT2D eigenvalue weighted by Gasteiger charge is 2.38. The summed E-state index contributed by atoms with van der Waals surface area (Å²) in [6.07, 6.45) is 4.75. The molecule has 1 aromatic heterocycles. The van der Waals surface area contributed by atoms with Crippen molar-refractivity contribution in [1.82, 2.24) is 14.5 Å². The van der Waals surface area contributed by atoms with Crippen molar-refractivity contribution in [2.24, 2.45) is 5.92 Å². The molecule has 0 aromatic carbocycles. The minimum atomic E-state index is -3.35. The Bertz CT molecular complexity index is 435. The topological polar surface area (TPSA) is 66.1 Å². The van der Waals surface area contributed by atoms with Crippen LogP contribution in [0.4, 0.5) is 0 Å². The second-order valence-corrected chi connectivity index (χ2v) is 6.52. The number of aromatic amines is 1. The number of rotatable bonds is 5. The number of aromatic nitrogens is 2. The molecule has 1 N–H and O–H groups in total. The lowest BCUT2D eigenvalue weighted by Gasteiger charge is -2.22.